The van der Waals surface area contributed by atoms with Gasteiger partial charge in [-0.2, -0.15) is 0 Å². The van der Waals surface area contributed by atoms with Crippen molar-refractivity contribution in [3.8, 4) is 0 Å². The van der Waals surface area contributed by atoms with E-state index in [-0.39, 0.29) is 0 Å². The van der Waals surface area contributed by atoms with Crippen molar-refractivity contribution in [2.45, 2.75) is 108 Å². The van der Waals surface area contributed by atoms with E-state index in [0.29, 0.717) is 30.7 Å². The largest absolute Gasteiger partial charge is 0.379 e. The van der Waals surface area contributed by atoms with E-state index >= 15 is 0 Å². The van der Waals surface area contributed by atoms with Crippen LogP contribution in [0.1, 0.15) is 85.1 Å². The van der Waals surface area contributed by atoms with Crippen LogP contribution in [0.15, 0.2) is 12.7 Å². The SMILES string of the molecule is C1COCCN1.O=C1CCC(Nc2ncnc3sc4c(c23)CCC4)CC1.c1nc(NC2CCC(N3CCOCC3)CC2)c2c3c(sc2n1)CCC3. The molecule has 0 radical (unpaired) electrons. The Morgan fingerprint density at radius 1 is 0.647 bits per heavy atom. The number of hydrogen-bond donors (Lipinski definition) is 3. The summed E-state index contributed by atoms with van der Waals surface area (Å²) in [6, 6.07) is 1.67. The summed E-state index contributed by atoms with van der Waals surface area (Å²) in [4.78, 5) is 37.3. The number of nitrogens with zero attached hydrogens (tertiary/aromatic N) is 5. The van der Waals surface area contributed by atoms with Crippen molar-refractivity contribution in [2.75, 3.05) is 63.2 Å². The van der Waals surface area contributed by atoms with E-state index in [2.05, 4.69) is 40.8 Å². The number of anilines is 2. The van der Waals surface area contributed by atoms with Gasteiger partial charge in [-0.25, -0.2) is 19.9 Å². The van der Waals surface area contributed by atoms with Gasteiger partial charge < -0.3 is 25.4 Å². The number of rotatable bonds is 5. The van der Waals surface area contributed by atoms with E-state index in [1.807, 2.05) is 22.7 Å². The lowest BCUT2D eigenvalue weighted by molar-refractivity contribution is -0.120. The van der Waals surface area contributed by atoms with Crippen molar-refractivity contribution in [1.82, 2.24) is 30.2 Å². The number of hydrogen-bond acceptors (Lipinski definition) is 13. The number of carbonyl (C=O) groups is 1. The van der Waals surface area contributed by atoms with Crippen molar-refractivity contribution in [3.05, 3.63) is 33.5 Å². The van der Waals surface area contributed by atoms with E-state index in [4.69, 9.17) is 9.47 Å². The van der Waals surface area contributed by atoms with Crippen LogP contribution < -0.4 is 16.0 Å². The van der Waals surface area contributed by atoms with E-state index in [1.54, 1.807) is 12.7 Å². The first-order valence-corrected chi connectivity index (χ1v) is 21.0. The highest BCUT2D eigenvalue weighted by molar-refractivity contribution is 7.19. The van der Waals surface area contributed by atoms with E-state index in [9.17, 15) is 4.79 Å². The average molecular weight is 733 g/mol. The summed E-state index contributed by atoms with van der Waals surface area (Å²) in [6.45, 7) is 7.85. The minimum absolute atomic E-state index is 0.378. The van der Waals surface area contributed by atoms with Crippen LogP contribution in [0.4, 0.5) is 11.6 Å². The third-order valence-electron chi connectivity index (χ3n) is 11.3. The Balaban J connectivity index is 0.000000128. The fourth-order valence-electron chi connectivity index (χ4n) is 8.59. The van der Waals surface area contributed by atoms with Crippen molar-refractivity contribution in [1.29, 1.82) is 0 Å². The summed E-state index contributed by atoms with van der Waals surface area (Å²) in [7, 11) is 0. The molecule has 2 saturated carbocycles. The van der Waals surface area contributed by atoms with Gasteiger partial charge in [-0.3, -0.25) is 9.69 Å². The number of Topliss-reactive ketones (excluding diaryl/α,β-unsaturated/α-hetero) is 1. The lowest BCUT2D eigenvalue weighted by Gasteiger charge is -2.39. The second kappa shape index (κ2) is 16.9. The van der Waals surface area contributed by atoms with Gasteiger partial charge in [-0.1, -0.05) is 0 Å². The van der Waals surface area contributed by atoms with Crippen LogP contribution in [0.25, 0.3) is 20.4 Å². The van der Waals surface area contributed by atoms with E-state index < -0.39 is 0 Å². The summed E-state index contributed by atoms with van der Waals surface area (Å²) in [5.74, 6) is 2.46. The summed E-state index contributed by atoms with van der Waals surface area (Å²) in [5.41, 5.74) is 2.98. The van der Waals surface area contributed by atoms with Gasteiger partial charge in [0, 0.05) is 66.9 Å². The van der Waals surface area contributed by atoms with Crippen LogP contribution in [0.2, 0.25) is 0 Å². The molecule has 0 atom stereocenters. The maximum absolute atomic E-state index is 11.3. The summed E-state index contributed by atoms with van der Waals surface area (Å²) >= 11 is 3.69. The smallest absolute Gasteiger partial charge is 0.138 e. The molecule has 6 heterocycles. The third-order valence-corrected chi connectivity index (χ3v) is 13.7. The van der Waals surface area contributed by atoms with Crippen molar-refractivity contribution < 1.29 is 14.3 Å². The van der Waals surface area contributed by atoms with Crippen molar-refractivity contribution >= 4 is 60.5 Å². The Labute approximate surface area is 308 Å². The van der Waals surface area contributed by atoms with Crippen LogP contribution in [-0.2, 0) is 40.0 Å². The van der Waals surface area contributed by atoms with Crippen LogP contribution in [0, 0.1) is 0 Å². The predicted octanol–water partition coefficient (Wildman–Crippen LogP) is 5.95. The second-order valence-corrected chi connectivity index (χ2v) is 16.8. The van der Waals surface area contributed by atoms with Gasteiger partial charge in [-0.15, -0.1) is 22.7 Å². The third kappa shape index (κ3) is 8.39. The molecule has 0 bridgehead atoms. The minimum atomic E-state index is 0.378. The Hall–Kier alpha value is -2.81. The zero-order valence-electron chi connectivity index (χ0n) is 29.7. The van der Waals surface area contributed by atoms with Gasteiger partial charge in [0.1, 0.15) is 39.7 Å². The zero-order chi connectivity index (χ0) is 34.4. The number of fused-ring (bicyclic) bond motifs is 6. The van der Waals surface area contributed by atoms with Crippen LogP contribution in [0.5, 0.6) is 0 Å². The lowest BCUT2D eigenvalue weighted by Crippen LogP contribution is -2.46. The molecule has 3 N–H and O–H groups in total. The first-order valence-electron chi connectivity index (χ1n) is 19.3. The molecule has 274 valence electrons. The molecule has 4 fully saturated rings. The Morgan fingerprint density at radius 3 is 1.69 bits per heavy atom. The maximum atomic E-state index is 11.3. The van der Waals surface area contributed by atoms with E-state index in [0.717, 1.165) is 94.4 Å². The standard InChI is InChI=1S/C19H26N4OS.C15H17N3OS.C4H9NO/c1-2-15-16(3-1)25-19-17(15)18(20-12-21-19)22-13-4-6-14(7-5-13)23-8-10-24-11-9-23;19-10-6-4-9(5-7-10)18-14-13-11-2-1-3-12(11)20-15(13)17-8-16-14;1-3-6-4-2-5-1/h12-14H,1-11H2,(H,20,21,22);8-9H,1-7H2,(H,16,17,18);5H,1-4H2. The Morgan fingerprint density at radius 2 is 1.18 bits per heavy atom. The molecule has 10 rings (SSSR count). The molecule has 0 aromatic carbocycles. The summed E-state index contributed by atoms with van der Waals surface area (Å²) < 4.78 is 10.5. The summed E-state index contributed by atoms with van der Waals surface area (Å²) in [6.07, 6.45) is 19.0. The average Bonchev–Trinajstić information content (AvgIpc) is 3.97. The van der Waals surface area contributed by atoms with Gasteiger partial charge in [-0.05, 0) is 88.2 Å². The fraction of sp³-hybridized carbons (Fsp3) is 0.658. The van der Waals surface area contributed by atoms with Crippen molar-refractivity contribution in [3.63, 3.8) is 0 Å². The lowest BCUT2D eigenvalue weighted by atomic mass is 9.90. The highest BCUT2D eigenvalue weighted by atomic mass is 32.1. The van der Waals surface area contributed by atoms with Crippen LogP contribution in [0.3, 0.4) is 0 Å². The Kier molecular flexibility index (Phi) is 11.7. The molecule has 2 saturated heterocycles. The molecule has 4 aromatic heterocycles. The number of nitrogens with one attached hydrogen (secondary N) is 3. The molecule has 2 aliphatic heterocycles. The number of aromatic nitrogens is 4. The number of thiophene rings is 2. The molecule has 13 heteroatoms. The van der Waals surface area contributed by atoms with Crippen molar-refractivity contribution in [2.24, 2.45) is 0 Å². The molecular formula is C38H52N8O3S2. The zero-order valence-corrected chi connectivity index (χ0v) is 31.4. The monoisotopic (exact) mass is 732 g/mol. The topological polar surface area (TPSA) is 126 Å². The molecule has 4 aromatic rings. The quantitative estimate of drug-likeness (QED) is 0.226. The number of morpholine rings is 2. The van der Waals surface area contributed by atoms with Gasteiger partial charge in [0.2, 0.25) is 0 Å². The maximum Gasteiger partial charge on any atom is 0.138 e. The molecule has 11 nitrogen and oxygen atoms in total. The summed E-state index contributed by atoms with van der Waals surface area (Å²) in [5, 5.41) is 13.1. The molecule has 0 unspecified atom stereocenters. The first kappa shape index (κ1) is 35.2. The highest BCUT2D eigenvalue weighted by Gasteiger charge is 2.29. The normalized spacial score (nSPS) is 24.0. The number of aryl methyl sites for hydroxylation is 4. The molecule has 0 amide bonds. The number of carbonyl (C=O) groups excluding carboxylic acids is 1. The fourth-order valence-corrected chi connectivity index (χ4v) is 11.0. The van der Waals surface area contributed by atoms with Gasteiger partial charge >= 0.3 is 0 Å². The Bertz CT molecular complexity index is 1760. The number of ketones is 1. The molecule has 4 aliphatic carbocycles. The molecular weight excluding hydrogens is 681 g/mol. The van der Waals surface area contributed by atoms with Gasteiger partial charge in [0.05, 0.1) is 37.2 Å². The second-order valence-electron chi connectivity index (χ2n) is 14.6. The molecule has 51 heavy (non-hydrogen) atoms. The first-order chi connectivity index (χ1) is 25.2. The molecule has 0 spiro atoms. The van der Waals surface area contributed by atoms with E-state index in [1.165, 1.54) is 94.3 Å². The van der Waals surface area contributed by atoms with Crippen LogP contribution in [-0.4, -0.2) is 101 Å². The highest BCUT2D eigenvalue weighted by Crippen LogP contribution is 2.41. The predicted molar refractivity (Wildman–Crippen MR) is 206 cm³/mol. The van der Waals surface area contributed by atoms with Gasteiger partial charge in [0.15, 0.2) is 0 Å². The molecule has 6 aliphatic rings. The van der Waals surface area contributed by atoms with Crippen LogP contribution >= 0.6 is 22.7 Å². The number of ether oxygens (including phenoxy) is 2. The minimum Gasteiger partial charge on any atom is -0.379 e. The van der Waals surface area contributed by atoms with Gasteiger partial charge in [0.25, 0.3) is 0 Å².